The summed E-state index contributed by atoms with van der Waals surface area (Å²) >= 11 is 0. The second-order valence-electron chi connectivity index (χ2n) is 8.05. The Morgan fingerprint density at radius 1 is 1.14 bits per heavy atom. The van der Waals surface area contributed by atoms with Gasteiger partial charge in [-0.25, -0.2) is 0 Å². The maximum Gasteiger partial charge on any atom is 0.122 e. The highest BCUT2D eigenvalue weighted by atomic mass is 16.6. The zero-order chi connectivity index (χ0) is 14.7. The molecule has 0 spiro atoms. The molecule has 3 aliphatic carbocycles. The monoisotopic (exact) mass is 298 g/mol. The lowest BCUT2D eigenvalue weighted by molar-refractivity contribution is 0.242. The Labute approximate surface area is 133 Å². The van der Waals surface area contributed by atoms with Crippen molar-refractivity contribution in [1.82, 2.24) is 0 Å². The van der Waals surface area contributed by atoms with E-state index in [0.29, 0.717) is 12.7 Å². The number of hydrogen-bond acceptors (Lipinski definition) is 2. The van der Waals surface area contributed by atoms with E-state index in [1.807, 2.05) is 0 Å². The summed E-state index contributed by atoms with van der Waals surface area (Å²) in [7, 11) is 0. The molecule has 0 N–H and O–H groups in total. The number of fused-ring (bicyclic) bond motifs is 5. The maximum absolute atomic E-state index is 5.89. The molecule has 2 heteroatoms. The van der Waals surface area contributed by atoms with Gasteiger partial charge in [0, 0.05) is 0 Å². The van der Waals surface area contributed by atoms with Crippen molar-refractivity contribution in [3.8, 4) is 5.75 Å². The van der Waals surface area contributed by atoms with Crippen LogP contribution >= 0.6 is 0 Å². The van der Waals surface area contributed by atoms with Crippen molar-refractivity contribution in [2.45, 2.75) is 51.0 Å². The zero-order valence-electron chi connectivity index (χ0n) is 13.5. The zero-order valence-corrected chi connectivity index (χ0v) is 13.5. The third kappa shape index (κ3) is 2.11. The summed E-state index contributed by atoms with van der Waals surface area (Å²) in [5.41, 5.74) is 2.87. The largest absolute Gasteiger partial charge is 0.491 e. The Hall–Kier alpha value is -1.02. The van der Waals surface area contributed by atoms with Gasteiger partial charge < -0.3 is 9.47 Å². The van der Waals surface area contributed by atoms with Crippen molar-refractivity contribution in [2.24, 2.45) is 23.7 Å². The van der Waals surface area contributed by atoms with Crippen LogP contribution in [0.2, 0.25) is 0 Å². The lowest BCUT2D eigenvalue weighted by Crippen LogP contribution is -2.21. The van der Waals surface area contributed by atoms with Crippen molar-refractivity contribution in [1.29, 1.82) is 0 Å². The SMILES string of the molecule is Cc1cc(C2CCC3C4CCC(C4)C23)ccc1OCC1CO1. The minimum atomic E-state index is 0.337. The third-order valence-corrected chi connectivity index (χ3v) is 6.89. The van der Waals surface area contributed by atoms with Crippen molar-refractivity contribution in [2.75, 3.05) is 13.2 Å². The molecule has 1 aromatic carbocycles. The van der Waals surface area contributed by atoms with Crippen LogP contribution in [0.15, 0.2) is 18.2 Å². The van der Waals surface area contributed by atoms with Gasteiger partial charge in [-0.15, -0.1) is 0 Å². The summed E-state index contributed by atoms with van der Waals surface area (Å²) in [6, 6.07) is 6.95. The topological polar surface area (TPSA) is 21.8 Å². The smallest absolute Gasteiger partial charge is 0.122 e. The molecule has 4 fully saturated rings. The molecular formula is C20H26O2. The van der Waals surface area contributed by atoms with Crippen molar-refractivity contribution in [3.05, 3.63) is 29.3 Å². The summed E-state index contributed by atoms with van der Waals surface area (Å²) in [6.07, 6.45) is 7.79. The summed E-state index contributed by atoms with van der Waals surface area (Å²) in [6.45, 7) is 3.77. The Kier molecular flexibility index (Phi) is 3.04. The van der Waals surface area contributed by atoms with E-state index in [9.17, 15) is 0 Å². The van der Waals surface area contributed by atoms with Gasteiger partial charge in [0.15, 0.2) is 0 Å². The molecule has 22 heavy (non-hydrogen) atoms. The van der Waals surface area contributed by atoms with E-state index in [2.05, 4.69) is 25.1 Å². The third-order valence-electron chi connectivity index (χ3n) is 6.89. The van der Waals surface area contributed by atoms with E-state index in [1.54, 1.807) is 5.56 Å². The van der Waals surface area contributed by atoms with Gasteiger partial charge in [-0.3, -0.25) is 0 Å². The molecular weight excluding hydrogens is 272 g/mol. The van der Waals surface area contributed by atoms with Crippen LogP contribution in [0, 0.1) is 30.6 Å². The van der Waals surface area contributed by atoms with Gasteiger partial charge in [-0.2, -0.15) is 0 Å². The van der Waals surface area contributed by atoms with E-state index >= 15 is 0 Å². The van der Waals surface area contributed by atoms with Crippen LogP contribution in [0.1, 0.15) is 49.1 Å². The molecule has 2 nitrogen and oxygen atoms in total. The number of epoxide rings is 1. The van der Waals surface area contributed by atoms with Crippen LogP contribution in [-0.4, -0.2) is 19.3 Å². The van der Waals surface area contributed by atoms with Gasteiger partial charge in [-0.05, 0) is 85.8 Å². The highest BCUT2D eigenvalue weighted by Gasteiger charge is 2.53. The molecule has 4 aliphatic rings. The van der Waals surface area contributed by atoms with Crippen LogP contribution < -0.4 is 4.74 Å². The highest BCUT2D eigenvalue weighted by molar-refractivity contribution is 5.38. The van der Waals surface area contributed by atoms with E-state index in [4.69, 9.17) is 9.47 Å². The van der Waals surface area contributed by atoms with Crippen molar-refractivity contribution in [3.63, 3.8) is 0 Å². The molecule has 6 atom stereocenters. The Morgan fingerprint density at radius 2 is 2.00 bits per heavy atom. The summed E-state index contributed by atoms with van der Waals surface area (Å²) < 4.78 is 11.1. The summed E-state index contributed by atoms with van der Waals surface area (Å²) in [5.74, 6) is 6.01. The number of rotatable bonds is 4. The number of hydrogen-bond donors (Lipinski definition) is 0. The average Bonchev–Trinajstić information content (AvgIpc) is 2.96. The molecule has 0 radical (unpaired) electrons. The number of aryl methyl sites for hydroxylation is 1. The number of ether oxygens (including phenoxy) is 2. The van der Waals surface area contributed by atoms with Gasteiger partial charge in [0.1, 0.15) is 18.5 Å². The van der Waals surface area contributed by atoms with Gasteiger partial charge in [-0.1, -0.05) is 12.1 Å². The standard InChI is InChI=1S/C20H26O2/c1-12-8-13(4-7-19(12)22-11-16-10-21-16)17-5-6-18-14-2-3-15(9-14)20(17)18/h4,7-8,14-18,20H,2-3,5-6,9-11H2,1H3. The molecule has 3 saturated carbocycles. The van der Waals surface area contributed by atoms with E-state index in [0.717, 1.165) is 41.9 Å². The fraction of sp³-hybridized carbons (Fsp3) is 0.700. The first kappa shape index (κ1) is 13.4. The molecule has 6 unspecified atom stereocenters. The maximum atomic E-state index is 5.89. The van der Waals surface area contributed by atoms with Crippen LogP contribution in [0.5, 0.6) is 5.75 Å². The molecule has 2 bridgehead atoms. The predicted molar refractivity (Wildman–Crippen MR) is 86.2 cm³/mol. The minimum absolute atomic E-state index is 0.337. The van der Waals surface area contributed by atoms with Crippen LogP contribution in [0.3, 0.4) is 0 Å². The Morgan fingerprint density at radius 3 is 2.82 bits per heavy atom. The molecule has 1 heterocycles. The van der Waals surface area contributed by atoms with Crippen molar-refractivity contribution < 1.29 is 9.47 Å². The van der Waals surface area contributed by atoms with E-state index in [-0.39, 0.29) is 0 Å². The molecule has 1 saturated heterocycles. The molecule has 1 aromatic rings. The summed E-state index contributed by atoms with van der Waals surface area (Å²) in [4.78, 5) is 0. The second-order valence-corrected chi connectivity index (χ2v) is 8.05. The second kappa shape index (κ2) is 4.99. The molecule has 118 valence electrons. The first-order valence-electron chi connectivity index (χ1n) is 9.14. The molecule has 1 aliphatic heterocycles. The van der Waals surface area contributed by atoms with Gasteiger partial charge in [0.2, 0.25) is 0 Å². The van der Waals surface area contributed by atoms with Crippen LogP contribution in [-0.2, 0) is 4.74 Å². The van der Waals surface area contributed by atoms with E-state index in [1.165, 1.54) is 37.7 Å². The first-order valence-corrected chi connectivity index (χ1v) is 9.14. The van der Waals surface area contributed by atoms with Crippen molar-refractivity contribution >= 4 is 0 Å². The Balaban J connectivity index is 1.35. The Bertz CT molecular complexity index is 577. The fourth-order valence-electron chi connectivity index (χ4n) is 5.88. The lowest BCUT2D eigenvalue weighted by atomic mass is 9.75. The first-order chi connectivity index (χ1) is 10.8. The van der Waals surface area contributed by atoms with Crippen LogP contribution in [0.4, 0.5) is 0 Å². The molecule has 5 rings (SSSR count). The fourth-order valence-corrected chi connectivity index (χ4v) is 5.88. The molecule has 0 aromatic heterocycles. The average molecular weight is 298 g/mol. The highest BCUT2D eigenvalue weighted by Crippen LogP contribution is 2.63. The lowest BCUT2D eigenvalue weighted by Gasteiger charge is -2.29. The van der Waals surface area contributed by atoms with E-state index < -0.39 is 0 Å². The van der Waals surface area contributed by atoms with Crippen LogP contribution in [0.25, 0.3) is 0 Å². The van der Waals surface area contributed by atoms with Gasteiger partial charge >= 0.3 is 0 Å². The van der Waals surface area contributed by atoms with Gasteiger partial charge in [0.25, 0.3) is 0 Å². The summed E-state index contributed by atoms with van der Waals surface area (Å²) in [5, 5.41) is 0. The quantitative estimate of drug-likeness (QED) is 0.773. The minimum Gasteiger partial charge on any atom is -0.491 e. The predicted octanol–water partition coefficient (Wildman–Crippen LogP) is 4.31. The van der Waals surface area contributed by atoms with Gasteiger partial charge in [0.05, 0.1) is 6.61 Å². The molecule has 0 amide bonds. The number of benzene rings is 1. The normalized spacial score (nSPS) is 41.7.